The van der Waals surface area contributed by atoms with Crippen molar-refractivity contribution in [2.24, 2.45) is 11.8 Å². The van der Waals surface area contributed by atoms with Gasteiger partial charge in [0.2, 0.25) is 0 Å². The van der Waals surface area contributed by atoms with E-state index in [0.717, 1.165) is 0 Å². The van der Waals surface area contributed by atoms with E-state index < -0.39 is 73.4 Å². The number of alkyl halides is 6. The third kappa shape index (κ3) is 32.5. The van der Waals surface area contributed by atoms with Gasteiger partial charge in [-0.1, -0.05) is 13.8 Å². The van der Waals surface area contributed by atoms with E-state index in [-0.39, 0.29) is 33.9 Å². The maximum absolute atomic E-state index is 12.0. The minimum absolute atomic E-state index is 0. The molecule has 0 fully saturated rings. The minimum atomic E-state index is -4.64. The second kappa shape index (κ2) is 21.8. The summed E-state index contributed by atoms with van der Waals surface area (Å²) < 4.78 is 72.0. The number of aliphatic carboxylic acids is 2. The van der Waals surface area contributed by atoms with E-state index >= 15 is 0 Å². The molecule has 208 valence electrons. The van der Waals surface area contributed by atoms with Crippen LogP contribution in [-0.2, 0) is 40.9 Å². The van der Waals surface area contributed by atoms with Crippen LogP contribution < -0.4 is 0 Å². The Hall–Kier alpha value is -1.51. The molecular formula is C20H34F6O8Ti. The van der Waals surface area contributed by atoms with Crippen LogP contribution in [0.4, 0.5) is 26.3 Å². The summed E-state index contributed by atoms with van der Waals surface area (Å²) in [6, 6.07) is 0. The Morgan fingerprint density at radius 3 is 0.886 bits per heavy atom. The normalized spacial score (nSPS) is 12.3. The molecule has 2 unspecified atom stereocenters. The van der Waals surface area contributed by atoms with E-state index in [2.05, 4.69) is 0 Å². The van der Waals surface area contributed by atoms with Crippen LogP contribution in [0.1, 0.15) is 67.2 Å². The van der Waals surface area contributed by atoms with Crippen LogP contribution in [-0.4, -0.2) is 68.5 Å². The van der Waals surface area contributed by atoms with E-state index in [9.17, 15) is 45.5 Å². The molecule has 0 aliphatic rings. The van der Waals surface area contributed by atoms with Crippen molar-refractivity contribution in [3.8, 4) is 0 Å². The van der Waals surface area contributed by atoms with Crippen molar-refractivity contribution in [1.29, 1.82) is 0 Å². The van der Waals surface area contributed by atoms with Gasteiger partial charge in [-0.25, -0.2) is 0 Å². The van der Waals surface area contributed by atoms with Gasteiger partial charge >= 0.3 is 24.3 Å². The Bertz CT molecular complexity index is 550. The van der Waals surface area contributed by atoms with Crippen molar-refractivity contribution in [3.63, 3.8) is 0 Å². The first-order chi connectivity index (χ1) is 15.0. The number of aliphatic hydroxyl groups excluding tert-OH is 2. The number of carbonyl (C=O) groups excluding carboxylic acids is 2. The fourth-order valence-electron chi connectivity index (χ4n) is 1.83. The molecule has 0 spiro atoms. The maximum atomic E-state index is 12.0. The molecule has 4 N–H and O–H groups in total. The molecule has 0 saturated heterocycles. The molecule has 8 nitrogen and oxygen atoms in total. The van der Waals surface area contributed by atoms with E-state index in [1.165, 1.54) is 13.8 Å². The largest absolute Gasteiger partial charge is 0.481 e. The van der Waals surface area contributed by atoms with Gasteiger partial charge in [-0.2, -0.15) is 26.3 Å². The molecule has 0 aromatic carbocycles. The number of aliphatic hydroxyl groups is 2. The number of ketones is 2. The molecule has 15 heteroatoms. The van der Waals surface area contributed by atoms with Crippen LogP contribution in [0.5, 0.6) is 0 Å². The summed E-state index contributed by atoms with van der Waals surface area (Å²) in [4.78, 5) is 41.4. The zero-order valence-electron chi connectivity index (χ0n) is 20.3. The van der Waals surface area contributed by atoms with Gasteiger partial charge in [0.05, 0.1) is 0 Å². The van der Waals surface area contributed by atoms with Gasteiger partial charge in [0.1, 0.15) is 24.7 Å². The van der Waals surface area contributed by atoms with Crippen LogP contribution in [0.25, 0.3) is 0 Å². The Morgan fingerprint density at radius 1 is 0.629 bits per heavy atom. The Labute approximate surface area is 215 Å². The zero-order valence-corrected chi connectivity index (χ0v) is 21.9. The third-order valence-electron chi connectivity index (χ3n) is 3.03. The van der Waals surface area contributed by atoms with Crippen LogP contribution >= 0.6 is 0 Å². The average Bonchev–Trinajstić information content (AvgIpc) is 2.51. The summed E-state index contributed by atoms with van der Waals surface area (Å²) in [5.41, 5.74) is 0. The topological polar surface area (TPSA) is 149 Å². The quantitative estimate of drug-likeness (QED) is 0.196. The minimum Gasteiger partial charge on any atom is -0.481 e. The second-order valence-corrected chi connectivity index (χ2v) is 7.27. The van der Waals surface area contributed by atoms with E-state index in [1.807, 2.05) is 0 Å². The van der Waals surface area contributed by atoms with Crippen molar-refractivity contribution in [2.45, 2.75) is 91.8 Å². The maximum Gasteiger partial charge on any atom is 0.398 e. The smallest absolute Gasteiger partial charge is 0.398 e. The van der Waals surface area contributed by atoms with Crippen molar-refractivity contribution in [3.05, 3.63) is 0 Å². The number of carboxylic acid groups (broad SMARTS) is 2. The van der Waals surface area contributed by atoms with Crippen molar-refractivity contribution in [1.82, 2.24) is 0 Å². The Kier molecular flexibility index (Phi) is 27.1. The van der Waals surface area contributed by atoms with Crippen LogP contribution in [0.15, 0.2) is 0 Å². The van der Waals surface area contributed by atoms with Gasteiger partial charge in [-0.3, -0.25) is 19.2 Å². The first-order valence-electron chi connectivity index (χ1n) is 10.0. The predicted molar refractivity (Wildman–Crippen MR) is 109 cm³/mol. The van der Waals surface area contributed by atoms with Crippen LogP contribution in [0.2, 0.25) is 0 Å². The molecule has 0 aromatic rings. The predicted octanol–water partition coefficient (Wildman–Crippen LogP) is 4.01. The van der Waals surface area contributed by atoms with Crippen LogP contribution in [0, 0.1) is 11.8 Å². The summed E-state index contributed by atoms with van der Waals surface area (Å²) in [5, 5.41) is 32.3. The van der Waals surface area contributed by atoms with Gasteiger partial charge < -0.3 is 20.4 Å². The van der Waals surface area contributed by atoms with Crippen LogP contribution in [0.3, 0.4) is 0 Å². The van der Waals surface area contributed by atoms with Gasteiger partial charge in [0.15, 0.2) is 11.6 Å². The first kappa shape index (κ1) is 43.6. The first-order valence-corrected chi connectivity index (χ1v) is 10.0. The van der Waals surface area contributed by atoms with E-state index in [4.69, 9.17) is 20.4 Å². The summed E-state index contributed by atoms with van der Waals surface area (Å²) in [5.74, 6) is -9.95. The van der Waals surface area contributed by atoms with Gasteiger partial charge in [-0.15, -0.1) is 0 Å². The van der Waals surface area contributed by atoms with Gasteiger partial charge in [0, 0.05) is 33.9 Å². The van der Waals surface area contributed by atoms with Gasteiger partial charge in [0.25, 0.3) is 0 Å². The standard InChI is InChI=1S/2C7H9F3O3.2C3H8O.Ti/c2*1-2-4(7(8,9)10)5(11)3-6(12)13;2*1-3(2)4;/h2*4H,2-3H2,1H3,(H,12,13);2*3-4H,1-2H3;. The summed E-state index contributed by atoms with van der Waals surface area (Å²) >= 11 is 0. The zero-order chi connectivity index (χ0) is 28.4. The number of carboxylic acids is 2. The number of hydrogen-bond acceptors (Lipinski definition) is 6. The molecule has 0 rings (SSSR count). The second-order valence-electron chi connectivity index (χ2n) is 7.27. The molecule has 0 aliphatic heterocycles. The summed E-state index contributed by atoms with van der Waals surface area (Å²) in [7, 11) is 0. The SMILES string of the molecule is CC(C)O.CC(C)O.CCC(C(=O)CC(=O)O)C(F)(F)F.CCC(C(=O)CC(=O)O)C(F)(F)F.[Ti]. The molecule has 2 atom stereocenters. The molecule has 0 radical (unpaired) electrons. The van der Waals surface area contributed by atoms with E-state index in [0.29, 0.717) is 0 Å². The number of carbonyl (C=O) groups is 4. The van der Waals surface area contributed by atoms with Crippen molar-refractivity contribution < 1.29 is 87.7 Å². The third-order valence-corrected chi connectivity index (χ3v) is 3.03. The fourth-order valence-corrected chi connectivity index (χ4v) is 1.83. The molecule has 0 bridgehead atoms. The Morgan fingerprint density at radius 2 is 0.800 bits per heavy atom. The van der Waals surface area contributed by atoms with Crippen molar-refractivity contribution >= 4 is 23.5 Å². The number of rotatable bonds is 8. The van der Waals surface area contributed by atoms with E-state index in [1.54, 1.807) is 27.7 Å². The molecule has 35 heavy (non-hydrogen) atoms. The average molecular weight is 564 g/mol. The number of hydrogen-bond donors (Lipinski definition) is 4. The van der Waals surface area contributed by atoms with Gasteiger partial charge in [-0.05, 0) is 40.5 Å². The summed E-state index contributed by atoms with van der Waals surface area (Å²) in [6.45, 7) is 9.27. The molecule has 0 aromatic heterocycles. The van der Waals surface area contributed by atoms with Crippen molar-refractivity contribution in [2.75, 3.05) is 0 Å². The molecule has 0 heterocycles. The molecule has 0 saturated carbocycles. The summed E-state index contributed by atoms with van der Waals surface area (Å²) in [6.07, 6.45) is -12.6. The molecule has 0 aliphatic carbocycles. The fraction of sp³-hybridized carbons (Fsp3) is 0.800. The Balaban J connectivity index is -0.000000128. The molecular weight excluding hydrogens is 530 g/mol. The number of halogens is 6. The number of Topliss-reactive ketones (excluding diaryl/α,β-unsaturated/α-hetero) is 2. The monoisotopic (exact) mass is 564 g/mol. The molecule has 0 amide bonds.